The van der Waals surface area contributed by atoms with Gasteiger partial charge in [0.25, 0.3) is 0 Å². The largest absolute Gasteiger partial charge is 0.385 e. The molecule has 94 valence electrons. The van der Waals surface area contributed by atoms with Crippen LogP contribution in [0.1, 0.15) is 36.3 Å². The summed E-state index contributed by atoms with van der Waals surface area (Å²) in [5, 5.41) is 0. The standard InChI is InChI=1S/C14H22N2O/c1-17-10-4-7-14(16-15)13-9-8-11-5-2-3-6-12(11)13/h2-3,5-6,13-14,16H,4,7-10,15H2,1H3. The molecule has 1 aliphatic carbocycles. The van der Waals surface area contributed by atoms with E-state index in [1.165, 1.54) is 24.0 Å². The fraction of sp³-hybridized carbons (Fsp3) is 0.571. The van der Waals surface area contributed by atoms with Gasteiger partial charge in [-0.3, -0.25) is 11.3 Å². The molecule has 1 aromatic rings. The number of ether oxygens (including phenoxy) is 1. The van der Waals surface area contributed by atoms with Crippen LogP contribution in [0.3, 0.4) is 0 Å². The van der Waals surface area contributed by atoms with Gasteiger partial charge in [-0.25, -0.2) is 0 Å². The van der Waals surface area contributed by atoms with Crippen molar-refractivity contribution in [3.63, 3.8) is 0 Å². The molecule has 3 N–H and O–H groups in total. The molecule has 0 amide bonds. The van der Waals surface area contributed by atoms with Gasteiger partial charge in [0.15, 0.2) is 0 Å². The monoisotopic (exact) mass is 234 g/mol. The molecule has 2 unspecified atom stereocenters. The van der Waals surface area contributed by atoms with Gasteiger partial charge in [-0.2, -0.15) is 0 Å². The maximum Gasteiger partial charge on any atom is 0.0462 e. The zero-order valence-corrected chi connectivity index (χ0v) is 10.5. The van der Waals surface area contributed by atoms with Crippen molar-refractivity contribution in [2.75, 3.05) is 13.7 Å². The number of hydrogen-bond donors (Lipinski definition) is 2. The van der Waals surface area contributed by atoms with Crippen LogP contribution in [0, 0.1) is 0 Å². The molecule has 0 saturated heterocycles. The highest BCUT2D eigenvalue weighted by Crippen LogP contribution is 2.36. The molecule has 0 heterocycles. The Hall–Kier alpha value is -0.900. The molecule has 17 heavy (non-hydrogen) atoms. The second-order valence-electron chi connectivity index (χ2n) is 4.75. The van der Waals surface area contributed by atoms with Crippen LogP contribution in [-0.4, -0.2) is 19.8 Å². The molecule has 1 aromatic carbocycles. The van der Waals surface area contributed by atoms with Gasteiger partial charge >= 0.3 is 0 Å². The fourth-order valence-corrected chi connectivity index (χ4v) is 2.86. The molecule has 1 aliphatic rings. The summed E-state index contributed by atoms with van der Waals surface area (Å²) in [6, 6.07) is 9.09. The van der Waals surface area contributed by atoms with E-state index in [1.54, 1.807) is 7.11 Å². The van der Waals surface area contributed by atoms with Crippen LogP contribution in [0.25, 0.3) is 0 Å². The number of methoxy groups -OCH3 is 1. The van der Waals surface area contributed by atoms with E-state index in [0.717, 1.165) is 19.4 Å². The van der Waals surface area contributed by atoms with Crippen LogP contribution in [0.5, 0.6) is 0 Å². The lowest BCUT2D eigenvalue weighted by molar-refractivity contribution is 0.186. The number of benzene rings is 1. The van der Waals surface area contributed by atoms with Gasteiger partial charge < -0.3 is 4.74 Å². The minimum absolute atomic E-state index is 0.369. The number of hydrogen-bond acceptors (Lipinski definition) is 3. The fourth-order valence-electron chi connectivity index (χ4n) is 2.86. The third-order valence-electron chi connectivity index (χ3n) is 3.74. The molecule has 3 heteroatoms. The Morgan fingerprint density at radius 1 is 1.47 bits per heavy atom. The molecular formula is C14H22N2O. The highest BCUT2D eigenvalue weighted by molar-refractivity contribution is 5.35. The highest BCUT2D eigenvalue weighted by Gasteiger charge is 2.28. The molecule has 0 aromatic heterocycles. The second kappa shape index (κ2) is 6.15. The summed E-state index contributed by atoms with van der Waals surface area (Å²) >= 11 is 0. The van der Waals surface area contributed by atoms with E-state index in [9.17, 15) is 0 Å². The van der Waals surface area contributed by atoms with Crippen molar-refractivity contribution in [3.8, 4) is 0 Å². The Morgan fingerprint density at radius 3 is 3.06 bits per heavy atom. The van der Waals surface area contributed by atoms with Crippen molar-refractivity contribution >= 4 is 0 Å². The normalized spacial score (nSPS) is 20.2. The van der Waals surface area contributed by atoms with Crippen LogP contribution in [-0.2, 0) is 11.2 Å². The van der Waals surface area contributed by atoms with Crippen LogP contribution in [0.4, 0.5) is 0 Å². The molecule has 3 nitrogen and oxygen atoms in total. The Bertz CT molecular complexity index is 354. The van der Waals surface area contributed by atoms with Gasteiger partial charge in [-0.15, -0.1) is 0 Å². The minimum Gasteiger partial charge on any atom is -0.385 e. The van der Waals surface area contributed by atoms with E-state index in [0.29, 0.717) is 12.0 Å². The van der Waals surface area contributed by atoms with Gasteiger partial charge in [0.2, 0.25) is 0 Å². The van der Waals surface area contributed by atoms with Gasteiger partial charge in [0, 0.05) is 25.7 Å². The van der Waals surface area contributed by atoms with E-state index in [1.807, 2.05) is 0 Å². The summed E-state index contributed by atoms with van der Waals surface area (Å²) in [7, 11) is 1.75. The lowest BCUT2D eigenvalue weighted by Gasteiger charge is -2.23. The zero-order chi connectivity index (χ0) is 12.1. The molecular weight excluding hydrogens is 212 g/mol. The van der Waals surface area contributed by atoms with Crippen molar-refractivity contribution in [1.29, 1.82) is 0 Å². The average Bonchev–Trinajstić information content (AvgIpc) is 2.79. The maximum atomic E-state index is 5.70. The van der Waals surface area contributed by atoms with Gasteiger partial charge in [-0.05, 0) is 36.8 Å². The smallest absolute Gasteiger partial charge is 0.0462 e. The Kier molecular flexibility index (Phi) is 4.54. The third kappa shape index (κ3) is 2.86. The summed E-state index contributed by atoms with van der Waals surface area (Å²) in [5.74, 6) is 6.26. The lowest BCUT2D eigenvalue weighted by atomic mass is 9.91. The summed E-state index contributed by atoms with van der Waals surface area (Å²) in [5.41, 5.74) is 5.96. The summed E-state index contributed by atoms with van der Waals surface area (Å²) in [6.07, 6.45) is 4.53. The van der Waals surface area contributed by atoms with Crippen LogP contribution in [0.2, 0.25) is 0 Å². The van der Waals surface area contributed by atoms with Crippen LogP contribution >= 0.6 is 0 Å². The molecule has 0 aliphatic heterocycles. The number of hydrazine groups is 1. The minimum atomic E-state index is 0.369. The Balaban J connectivity index is 2.01. The summed E-state index contributed by atoms with van der Waals surface area (Å²) in [4.78, 5) is 0. The third-order valence-corrected chi connectivity index (χ3v) is 3.74. The summed E-state index contributed by atoms with van der Waals surface area (Å²) < 4.78 is 5.10. The number of rotatable bonds is 6. The Morgan fingerprint density at radius 2 is 2.29 bits per heavy atom. The number of fused-ring (bicyclic) bond motifs is 1. The molecule has 0 radical (unpaired) electrons. The van der Waals surface area contributed by atoms with E-state index >= 15 is 0 Å². The van der Waals surface area contributed by atoms with Gasteiger partial charge in [-0.1, -0.05) is 24.3 Å². The van der Waals surface area contributed by atoms with E-state index in [-0.39, 0.29) is 0 Å². The molecule has 0 spiro atoms. The molecule has 2 atom stereocenters. The van der Waals surface area contributed by atoms with E-state index in [2.05, 4.69) is 29.7 Å². The predicted octanol–water partition coefficient (Wildman–Crippen LogP) is 1.97. The predicted molar refractivity (Wildman–Crippen MR) is 69.7 cm³/mol. The van der Waals surface area contributed by atoms with Crippen LogP contribution in [0.15, 0.2) is 24.3 Å². The SMILES string of the molecule is COCCCC(NN)C1CCc2ccccc21. The van der Waals surface area contributed by atoms with Crippen molar-refractivity contribution in [2.45, 2.75) is 37.6 Å². The molecule has 0 saturated carbocycles. The highest BCUT2D eigenvalue weighted by atomic mass is 16.5. The van der Waals surface area contributed by atoms with Crippen LogP contribution < -0.4 is 11.3 Å². The number of nitrogens with one attached hydrogen (secondary N) is 1. The molecule has 2 rings (SSSR count). The van der Waals surface area contributed by atoms with Crippen molar-refractivity contribution in [2.24, 2.45) is 5.84 Å². The van der Waals surface area contributed by atoms with Crippen molar-refractivity contribution in [3.05, 3.63) is 35.4 Å². The maximum absolute atomic E-state index is 5.70. The lowest BCUT2D eigenvalue weighted by Crippen LogP contribution is -2.39. The average molecular weight is 234 g/mol. The first-order chi connectivity index (χ1) is 8.36. The topological polar surface area (TPSA) is 47.3 Å². The quantitative estimate of drug-likeness (QED) is 0.449. The van der Waals surface area contributed by atoms with Crippen molar-refractivity contribution < 1.29 is 4.74 Å². The first-order valence-corrected chi connectivity index (χ1v) is 6.39. The molecule has 0 bridgehead atoms. The second-order valence-corrected chi connectivity index (χ2v) is 4.75. The number of aryl methyl sites for hydroxylation is 1. The number of nitrogens with two attached hydrogens (primary N) is 1. The Labute approximate surface area is 103 Å². The first-order valence-electron chi connectivity index (χ1n) is 6.39. The van der Waals surface area contributed by atoms with Gasteiger partial charge in [0.05, 0.1) is 0 Å². The summed E-state index contributed by atoms with van der Waals surface area (Å²) in [6.45, 7) is 0.812. The van der Waals surface area contributed by atoms with Gasteiger partial charge in [0.1, 0.15) is 0 Å². The van der Waals surface area contributed by atoms with E-state index in [4.69, 9.17) is 10.6 Å². The van der Waals surface area contributed by atoms with E-state index < -0.39 is 0 Å². The first kappa shape index (κ1) is 12.6. The molecule has 0 fully saturated rings. The zero-order valence-electron chi connectivity index (χ0n) is 10.5. The van der Waals surface area contributed by atoms with Crippen molar-refractivity contribution in [1.82, 2.24) is 5.43 Å².